The number of hydrogen-bond acceptors (Lipinski definition) is 4. The van der Waals surface area contributed by atoms with Crippen LogP contribution in [0.4, 0.5) is 0 Å². The third kappa shape index (κ3) is 4.64. The molecule has 0 N–H and O–H groups in total. The summed E-state index contributed by atoms with van der Waals surface area (Å²) in [5, 5.41) is 0. The first-order chi connectivity index (χ1) is 7.43. The van der Waals surface area contributed by atoms with Crippen molar-refractivity contribution in [3.63, 3.8) is 0 Å². The minimum atomic E-state index is -0.925. The van der Waals surface area contributed by atoms with Gasteiger partial charge in [0.2, 0.25) is 0 Å². The molecule has 0 amide bonds. The largest absolute Gasteiger partial charge is 0.468 e. The lowest BCUT2D eigenvalue weighted by molar-refractivity contribution is -0.160. The van der Waals surface area contributed by atoms with Gasteiger partial charge in [0.1, 0.15) is 0 Å². The highest BCUT2D eigenvalue weighted by molar-refractivity contribution is 5.95. The van der Waals surface area contributed by atoms with Crippen LogP contribution in [0.3, 0.4) is 0 Å². The summed E-state index contributed by atoms with van der Waals surface area (Å²) in [6.07, 6.45) is 3.49. The molecule has 90 valence electrons. The van der Waals surface area contributed by atoms with Crippen LogP contribution in [-0.2, 0) is 19.1 Å². The van der Waals surface area contributed by atoms with Gasteiger partial charge in [-0.15, -0.1) is 0 Å². The second-order valence-electron chi connectivity index (χ2n) is 3.59. The molecule has 0 saturated heterocycles. The highest BCUT2D eigenvalue weighted by atomic mass is 16.5. The molecule has 4 heteroatoms. The van der Waals surface area contributed by atoms with Crippen LogP contribution in [0.15, 0.2) is 0 Å². The van der Waals surface area contributed by atoms with E-state index in [4.69, 9.17) is 0 Å². The predicted molar refractivity (Wildman–Crippen MR) is 59.6 cm³/mol. The van der Waals surface area contributed by atoms with Crippen molar-refractivity contribution in [3.05, 3.63) is 25.7 Å². The smallest absolute Gasteiger partial charge is 0.320 e. The molecule has 0 aliphatic carbocycles. The maximum Gasteiger partial charge on any atom is 0.320 e. The summed E-state index contributed by atoms with van der Waals surface area (Å²) < 4.78 is 9.13. The molecule has 0 aromatic carbocycles. The molecule has 16 heavy (non-hydrogen) atoms. The van der Waals surface area contributed by atoms with Gasteiger partial charge in [0.15, 0.2) is 5.92 Å². The molecule has 1 atom stereocenters. The fourth-order valence-electron chi connectivity index (χ4n) is 1.21. The Morgan fingerprint density at radius 1 is 1.19 bits per heavy atom. The summed E-state index contributed by atoms with van der Waals surface area (Å²) in [6, 6.07) is 0. The van der Waals surface area contributed by atoms with Gasteiger partial charge in [-0.25, -0.2) is 0 Å². The topological polar surface area (TPSA) is 52.6 Å². The Labute approximate surface area is 97.3 Å². The number of esters is 2. The van der Waals surface area contributed by atoms with Gasteiger partial charge in [-0.3, -0.25) is 9.59 Å². The maximum absolute atomic E-state index is 11.4. The zero-order valence-corrected chi connectivity index (χ0v) is 10.1. The summed E-state index contributed by atoms with van der Waals surface area (Å²) >= 11 is 0. The van der Waals surface area contributed by atoms with Gasteiger partial charge in [0.05, 0.1) is 14.2 Å². The van der Waals surface area contributed by atoms with Crippen molar-refractivity contribution in [3.8, 4) is 0 Å². The molecule has 0 bridgehead atoms. The summed E-state index contributed by atoms with van der Waals surface area (Å²) in [4.78, 5) is 22.8. The van der Waals surface area contributed by atoms with E-state index in [1.54, 1.807) is 19.8 Å². The lowest BCUT2D eigenvalue weighted by atomic mass is 9.88. The molecule has 0 aliphatic rings. The van der Waals surface area contributed by atoms with E-state index in [0.717, 1.165) is 5.92 Å². The van der Waals surface area contributed by atoms with Crippen LogP contribution in [-0.4, -0.2) is 26.2 Å². The number of carbonyl (C=O) groups excluding carboxylic acids is 2. The molecule has 0 unspecified atom stereocenters. The number of ether oxygens (including phenoxy) is 2. The first-order valence-corrected chi connectivity index (χ1v) is 4.93. The Balaban J connectivity index is 4.50. The normalized spacial score (nSPS) is 12.7. The molecular weight excluding hydrogens is 208 g/mol. The van der Waals surface area contributed by atoms with Crippen LogP contribution in [0.1, 0.15) is 13.8 Å². The minimum Gasteiger partial charge on any atom is -0.468 e. The molecule has 0 saturated carbocycles. The fraction of sp³-hybridized carbons (Fsp3) is 0.500. The van der Waals surface area contributed by atoms with Crippen LogP contribution in [0.2, 0.25) is 0 Å². The minimum absolute atomic E-state index is 0.295. The Hall–Kier alpha value is -1.06. The van der Waals surface area contributed by atoms with Crippen molar-refractivity contribution in [2.45, 2.75) is 13.8 Å². The van der Waals surface area contributed by atoms with Crippen LogP contribution in [0.5, 0.6) is 0 Å². The van der Waals surface area contributed by atoms with Crippen molar-refractivity contribution in [1.82, 2.24) is 0 Å². The van der Waals surface area contributed by atoms with E-state index in [9.17, 15) is 9.59 Å². The van der Waals surface area contributed by atoms with Gasteiger partial charge >= 0.3 is 11.9 Å². The molecule has 0 aromatic rings. The standard InChI is InChI=1S/C12H18O4/c1-8(2)6-7-9(3)10(11(13)15-4)12(14)16-5/h6-7,9-10H,1H2,2-5H3/t9-/m1/s1. The van der Waals surface area contributed by atoms with Crippen molar-refractivity contribution < 1.29 is 19.1 Å². The van der Waals surface area contributed by atoms with Gasteiger partial charge in [0.25, 0.3) is 0 Å². The fourth-order valence-corrected chi connectivity index (χ4v) is 1.21. The third-order valence-corrected chi connectivity index (χ3v) is 2.12. The maximum atomic E-state index is 11.4. The average molecular weight is 226 g/mol. The van der Waals surface area contributed by atoms with Crippen molar-refractivity contribution in [2.24, 2.45) is 11.8 Å². The molecule has 0 rings (SSSR count). The first-order valence-electron chi connectivity index (χ1n) is 4.93. The molecular formula is C12H18O4. The number of methoxy groups -OCH3 is 2. The Morgan fingerprint density at radius 2 is 1.62 bits per heavy atom. The molecule has 0 heterocycles. The highest BCUT2D eigenvalue weighted by Gasteiger charge is 2.34. The Kier molecular flexibility index (Phi) is 6.77. The Morgan fingerprint density at radius 3 is 1.94 bits per heavy atom. The lowest BCUT2D eigenvalue weighted by Gasteiger charge is -2.19. The molecule has 0 fully saturated rings. The molecule has 0 spiro atoms. The number of hydrogen-bond donors (Lipinski definition) is 0. The number of rotatable bonds is 6. The predicted octanol–water partition coefficient (Wildman–Crippen LogP) is 1.42. The SMILES string of the molecule is [CH2][C](C)[CH][CH][C@@H](C)C(C(=O)OC)C(=O)OC. The van der Waals surface area contributed by atoms with E-state index in [2.05, 4.69) is 16.4 Å². The zero-order valence-electron chi connectivity index (χ0n) is 10.1. The van der Waals surface area contributed by atoms with Gasteiger partial charge in [0, 0.05) is 0 Å². The average Bonchev–Trinajstić information content (AvgIpc) is 2.25. The second kappa shape index (κ2) is 7.25. The van der Waals surface area contributed by atoms with Crippen molar-refractivity contribution in [1.29, 1.82) is 0 Å². The summed E-state index contributed by atoms with van der Waals surface area (Å²) in [6.45, 7) is 7.27. The van der Waals surface area contributed by atoms with E-state index in [0.29, 0.717) is 0 Å². The van der Waals surface area contributed by atoms with Crippen LogP contribution in [0.25, 0.3) is 0 Å². The van der Waals surface area contributed by atoms with E-state index in [-0.39, 0.29) is 5.92 Å². The molecule has 4 radical (unpaired) electrons. The zero-order chi connectivity index (χ0) is 12.7. The highest BCUT2D eigenvalue weighted by Crippen LogP contribution is 2.21. The summed E-state index contributed by atoms with van der Waals surface area (Å²) in [7, 11) is 2.49. The number of carbonyl (C=O) groups is 2. The summed E-state index contributed by atoms with van der Waals surface area (Å²) in [5.74, 6) is -1.56. The van der Waals surface area contributed by atoms with Crippen molar-refractivity contribution in [2.75, 3.05) is 14.2 Å². The first kappa shape index (κ1) is 14.9. The van der Waals surface area contributed by atoms with Crippen molar-refractivity contribution >= 4 is 11.9 Å². The third-order valence-electron chi connectivity index (χ3n) is 2.12. The van der Waals surface area contributed by atoms with Gasteiger partial charge in [-0.1, -0.05) is 13.8 Å². The van der Waals surface area contributed by atoms with Crippen LogP contribution >= 0.6 is 0 Å². The van der Waals surface area contributed by atoms with E-state index >= 15 is 0 Å². The second-order valence-corrected chi connectivity index (χ2v) is 3.59. The summed E-state index contributed by atoms with van der Waals surface area (Å²) in [5.41, 5.74) is 0. The van der Waals surface area contributed by atoms with E-state index in [1.165, 1.54) is 14.2 Å². The van der Waals surface area contributed by atoms with Gasteiger partial charge < -0.3 is 9.47 Å². The lowest BCUT2D eigenvalue weighted by Crippen LogP contribution is -2.32. The Bertz CT molecular complexity index is 219. The van der Waals surface area contributed by atoms with E-state index in [1.807, 2.05) is 6.92 Å². The monoisotopic (exact) mass is 226 g/mol. The molecule has 0 aliphatic heterocycles. The quantitative estimate of drug-likeness (QED) is 0.507. The van der Waals surface area contributed by atoms with E-state index < -0.39 is 17.9 Å². The van der Waals surface area contributed by atoms with Crippen LogP contribution in [0, 0.1) is 37.5 Å². The van der Waals surface area contributed by atoms with Crippen LogP contribution < -0.4 is 0 Å². The molecule has 4 nitrogen and oxygen atoms in total. The van der Waals surface area contributed by atoms with Gasteiger partial charge in [-0.2, -0.15) is 0 Å². The molecule has 0 aromatic heterocycles. The van der Waals surface area contributed by atoms with Gasteiger partial charge in [-0.05, 0) is 31.6 Å².